The van der Waals surface area contributed by atoms with Crippen molar-refractivity contribution in [3.05, 3.63) is 32.6 Å². The number of ether oxygens (including phenoxy) is 1. The van der Waals surface area contributed by atoms with E-state index < -0.39 is 65.5 Å². The predicted octanol–water partition coefficient (Wildman–Crippen LogP) is -2.87. The van der Waals surface area contributed by atoms with E-state index in [0.29, 0.717) is 4.57 Å². The third-order valence-electron chi connectivity index (χ3n) is 3.63. The average molecular weight is 514 g/mol. The van der Waals surface area contributed by atoms with Crippen molar-refractivity contribution >= 4 is 23.5 Å². The van der Waals surface area contributed by atoms with Crippen LogP contribution in [-0.4, -0.2) is 69.0 Å². The Kier molecular flexibility index (Phi) is 7.65. The summed E-state index contributed by atoms with van der Waals surface area (Å²) in [6, 6.07) is 0. The highest BCUT2D eigenvalue weighted by atomic mass is 31.3. The number of aliphatic hydroxyl groups is 3. The van der Waals surface area contributed by atoms with Crippen LogP contribution in [0.25, 0.3) is 0 Å². The van der Waals surface area contributed by atoms with Gasteiger partial charge in [-0.25, -0.2) is 18.5 Å². The molecule has 18 nitrogen and oxygen atoms in total. The van der Waals surface area contributed by atoms with Crippen LogP contribution in [0.2, 0.25) is 0 Å². The molecule has 0 radical (unpaired) electrons. The van der Waals surface area contributed by atoms with Crippen molar-refractivity contribution in [2.24, 2.45) is 0 Å². The number of H-pyrrole nitrogens is 1. The number of nitrogens with zero attached hydrogens (tertiary/aromatic N) is 1. The number of phosphoric acid groups is 3. The van der Waals surface area contributed by atoms with Crippen LogP contribution in [0.4, 0.5) is 0 Å². The van der Waals surface area contributed by atoms with Crippen molar-refractivity contribution in [2.75, 3.05) is 0 Å². The first-order valence-corrected chi connectivity index (χ1v) is 12.3. The molecule has 1 aliphatic heterocycles. The summed E-state index contributed by atoms with van der Waals surface area (Å²) in [5.41, 5.74) is -1.82. The maximum Gasteiger partial charge on any atom is 0.490 e. The Balaban J connectivity index is 2.18. The summed E-state index contributed by atoms with van der Waals surface area (Å²) in [6.45, 7) is 1.30. The van der Waals surface area contributed by atoms with E-state index in [1.807, 2.05) is 4.98 Å². The van der Waals surface area contributed by atoms with E-state index in [1.54, 1.807) is 0 Å². The third-order valence-corrected chi connectivity index (χ3v) is 7.44. The largest absolute Gasteiger partial charge is 0.490 e. The molecule has 0 aromatic carbocycles. The smallest absolute Gasteiger partial charge is 0.387 e. The number of aromatic amines is 1. The van der Waals surface area contributed by atoms with Crippen LogP contribution in [0, 0.1) is 6.92 Å². The van der Waals surface area contributed by atoms with Crippen LogP contribution < -0.4 is 11.2 Å². The molecule has 0 bridgehead atoms. The first-order chi connectivity index (χ1) is 13.9. The molecule has 1 fully saturated rings. The Labute approximate surface area is 170 Å². The minimum Gasteiger partial charge on any atom is -0.387 e. The number of hydrogen-bond donors (Lipinski definition) is 8. The second-order valence-corrected chi connectivity index (χ2v) is 10.4. The third kappa shape index (κ3) is 6.71. The minimum atomic E-state index is -5.87. The van der Waals surface area contributed by atoms with E-state index >= 15 is 0 Å². The molecule has 178 valence electrons. The first kappa shape index (κ1) is 26.2. The number of aromatic nitrogens is 2. The topological polar surface area (TPSA) is 285 Å². The molecular formula is C10H17N2O16P3. The molecule has 1 saturated heterocycles. The van der Waals surface area contributed by atoms with Gasteiger partial charge in [0.05, 0.1) is 0 Å². The van der Waals surface area contributed by atoms with E-state index in [9.17, 15) is 43.5 Å². The number of rotatable bonds is 8. The Bertz CT molecular complexity index is 1080. The number of aliphatic hydroxyl groups excluding tert-OH is 3. The fraction of sp³-hybridized carbons (Fsp3) is 0.600. The van der Waals surface area contributed by atoms with Crippen molar-refractivity contribution < 1.29 is 66.5 Å². The van der Waals surface area contributed by atoms with Crippen LogP contribution in [0.1, 0.15) is 11.8 Å². The van der Waals surface area contributed by atoms with Gasteiger partial charge in [-0.05, 0) is 6.92 Å². The lowest BCUT2D eigenvalue weighted by atomic mass is 10.1. The van der Waals surface area contributed by atoms with E-state index in [0.717, 1.165) is 6.20 Å². The summed E-state index contributed by atoms with van der Waals surface area (Å²) < 4.78 is 50.3. The summed E-state index contributed by atoms with van der Waals surface area (Å²) in [5, 5.41) is 30.0. The quantitative estimate of drug-likeness (QED) is 0.128. The van der Waals surface area contributed by atoms with Crippen LogP contribution in [0.3, 0.4) is 0 Å². The average Bonchev–Trinajstić information content (AvgIpc) is 2.83. The van der Waals surface area contributed by atoms with Gasteiger partial charge in [0.1, 0.15) is 18.3 Å². The lowest BCUT2D eigenvalue weighted by molar-refractivity contribution is -0.161. The van der Waals surface area contributed by atoms with Crippen molar-refractivity contribution in [3.63, 3.8) is 0 Å². The molecule has 1 aromatic heterocycles. The number of hydrogen-bond acceptors (Lipinski definition) is 12. The summed E-state index contributed by atoms with van der Waals surface area (Å²) in [7, 11) is -17.3. The second-order valence-electron chi connectivity index (χ2n) is 6.04. The molecule has 2 heterocycles. The highest BCUT2D eigenvalue weighted by molar-refractivity contribution is 7.66. The van der Waals surface area contributed by atoms with Gasteiger partial charge in [-0.3, -0.25) is 18.9 Å². The van der Waals surface area contributed by atoms with Crippen molar-refractivity contribution in [3.8, 4) is 0 Å². The molecule has 31 heavy (non-hydrogen) atoms. The predicted molar refractivity (Wildman–Crippen MR) is 92.9 cm³/mol. The molecule has 0 spiro atoms. The lowest BCUT2D eigenvalue weighted by Gasteiger charge is -2.23. The van der Waals surface area contributed by atoms with Gasteiger partial charge in [0.25, 0.3) is 5.56 Å². The minimum absolute atomic E-state index is 0.00199. The van der Waals surface area contributed by atoms with Gasteiger partial charge in [-0.2, -0.15) is 8.62 Å². The molecule has 21 heteroatoms. The van der Waals surface area contributed by atoms with Gasteiger partial charge in [0, 0.05) is 11.8 Å². The fourth-order valence-electron chi connectivity index (χ4n) is 2.42. The second kappa shape index (κ2) is 9.05. The number of aryl methyl sites for hydroxylation is 1. The lowest BCUT2D eigenvalue weighted by Crippen LogP contribution is -2.40. The zero-order valence-electron chi connectivity index (χ0n) is 15.1. The highest BCUT2D eigenvalue weighted by Crippen LogP contribution is 2.66. The summed E-state index contributed by atoms with van der Waals surface area (Å²) in [6.07, 6.45) is -9.47. The molecule has 0 aliphatic carbocycles. The van der Waals surface area contributed by atoms with Gasteiger partial charge in [0.2, 0.25) is 0 Å². The molecule has 7 atom stereocenters. The van der Waals surface area contributed by atoms with Crippen molar-refractivity contribution in [1.82, 2.24) is 9.55 Å². The molecule has 2 rings (SSSR count). The van der Waals surface area contributed by atoms with Gasteiger partial charge >= 0.3 is 29.2 Å². The molecular weight excluding hydrogens is 497 g/mol. The SMILES string of the molecule is Cc1cn([C@@H]2O[C@H](C(O)OP(=O)(O)OP(=O)(O)OP(=O)(O)O)[C@@H](O)[C@@H]2O)c(=O)[nH]c1=O. The standard InChI is InChI=1S/C10H17N2O16P3/c1-3-2-12(10(17)11-7(3)15)8-5(14)4(13)6(25-8)9(16)26-30(21,22)28-31(23,24)27-29(18,19)20/h2,4-6,8-9,13-14,16H,1H3,(H,21,22)(H,23,24)(H,11,15,17)(H2,18,19,20)/t4-,5-,6-,8+,9?/m0/s1. The van der Waals surface area contributed by atoms with Crippen LogP contribution in [0.15, 0.2) is 15.8 Å². The molecule has 3 unspecified atom stereocenters. The summed E-state index contributed by atoms with van der Waals surface area (Å²) in [5.74, 6) is 0. The van der Waals surface area contributed by atoms with Crippen LogP contribution in [-0.2, 0) is 31.6 Å². The number of nitrogens with one attached hydrogen (secondary N) is 1. The van der Waals surface area contributed by atoms with Gasteiger partial charge < -0.3 is 39.6 Å². The molecule has 1 aliphatic rings. The zero-order chi connectivity index (χ0) is 23.9. The van der Waals surface area contributed by atoms with Crippen molar-refractivity contribution in [1.29, 1.82) is 0 Å². The Morgan fingerprint density at radius 1 is 1.06 bits per heavy atom. The van der Waals surface area contributed by atoms with Crippen LogP contribution in [0.5, 0.6) is 0 Å². The van der Waals surface area contributed by atoms with E-state index in [4.69, 9.17) is 19.4 Å². The molecule has 8 N–H and O–H groups in total. The first-order valence-electron chi connectivity index (χ1n) is 7.76. The Morgan fingerprint density at radius 3 is 2.19 bits per heavy atom. The fourth-order valence-corrected chi connectivity index (χ4v) is 5.47. The van der Waals surface area contributed by atoms with Crippen LogP contribution >= 0.6 is 23.5 Å². The van der Waals surface area contributed by atoms with Gasteiger partial charge in [-0.15, -0.1) is 0 Å². The summed E-state index contributed by atoms with van der Waals surface area (Å²) >= 11 is 0. The highest BCUT2D eigenvalue weighted by Gasteiger charge is 2.50. The van der Waals surface area contributed by atoms with E-state index in [-0.39, 0.29) is 5.56 Å². The Hall–Kier alpha value is -1.07. The molecule has 1 aromatic rings. The number of phosphoric ester groups is 1. The normalized spacial score (nSPS) is 29.3. The van der Waals surface area contributed by atoms with Crippen molar-refractivity contribution in [2.45, 2.75) is 37.8 Å². The Morgan fingerprint density at radius 2 is 1.65 bits per heavy atom. The zero-order valence-corrected chi connectivity index (χ0v) is 17.7. The molecule has 0 saturated carbocycles. The van der Waals surface area contributed by atoms with Gasteiger partial charge in [0.15, 0.2) is 12.5 Å². The van der Waals surface area contributed by atoms with E-state index in [1.165, 1.54) is 6.92 Å². The molecule has 0 amide bonds. The maximum atomic E-state index is 11.9. The monoisotopic (exact) mass is 514 g/mol. The maximum absolute atomic E-state index is 11.9. The summed E-state index contributed by atoms with van der Waals surface area (Å²) in [4.78, 5) is 60.6. The van der Waals surface area contributed by atoms with E-state index in [2.05, 4.69) is 13.1 Å². The van der Waals surface area contributed by atoms with Gasteiger partial charge in [-0.1, -0.05) is 0 Å².